The van der Waals surface area contributed by atoms with Crippen LogP contribution < -0.4 is 0 Å². The van der Waals surface area contributed by atoms with Crippen molar-refractivity contribution < 1.29 is 0 Å². The lowest BCUT2D eigenvalue weighted by atomic mass is 9.82. The minimum Gasteiger partial charge on any atom is -0.256 e. The maximum absolute atomic E-state index is 4.94. The van der Waals surface area contributed by atoms with Crippen LogP contribution in [-0.2, 0) is 5.41 Å². The van der Waals surface area contributed by atoms with Crippen molar-refractivity contribution in [3.05, 3.63) is 88.9 Å². The molecule has 0 radical (unpaired) electrons. The maximum atomic E-state index is 4.94. The Morgan fingerprint density at radius 1 is 0.735 bits per heavy atom. The van der Waals surface area contributed by atoms with Gasteiger partial charge in [0.15, 0.2) is 0 Å². The van der Waals surface area contributed by atoms with Gasteiger partial charge in [0.25, 0.3) is 0 Å². The number of aryl methyl sites for hydroxylation is 2. The summed E-state index contributed by atoms with van der Waals surface area (Å²) in [6.45, 7) is 11.3. The van der Waals surface area contributed by atoms with Gasteiger partial charge >= 0.3 is 0 Å². The normalized spacial score (nSPS) is 12.3. The molecule has 0 N–H and O–H groups in total. The molecule has 0 unspecified atom stereocenters. The number of benzene rings is 3. The number of aromatic nitrogens is 1. The summed E-state index contributed by atoms with van der Waals surface area (Å²) >= 11 is 3.75. The molecular weight excluding hydrogens is 450 g/mol. The van der Waals surface area contributed by atoms with Crippen molar-refractivity contribution in [2.75, 3.05) is 0 Å². The van der Waals surface area contributed by atoms with Gasteiger partial charge in [-0.25, -0.2) is 0 Å². The van der Waals surface area contributed by atoms with Crippen LogP contribution in [0.25, 0.3) is 52.6 Å². The molecule has 0 saturated carbocycles. The van der Waals surface area contributed by atoms with Crippen LogP contribution in [-0.4, -0.2) is 4.98 Å². The summed E-state index contributed by atoms with van der Waals surface area (Å²) in [6, 6.07) is 24.7. The van der Waals surface area contributed by atoms with E-state index in [1.54, 1.807) is 0 Å². The average molecular weight is 478 g/mol. The molecule has 0 aliphatic rings. The van der Waals surface area contributed by atoms with Crippen LogP contribution in [0.1, 0.15) is 36.8 Å². The predicted molar refractivity (Wildman–Crippen MR) is 152 cm³/mol. The molecule has 6 aromatic rings. The van der Waals surface area contributed by atoms with Gasteiger partial charge in [-0.3, -0.25) is 4.98 Å². The topological polar surface area (TPSA) is 12.9 Å². The molecule has 34 heavy (non-hydrogen) atoms. The van der Waals surface area contributed by atoms with E-state index in [0.717, 1.165) is 5.69 Å². The minimum absolute atomic E-state index is 0.0482. The van der Waals surface area contributed by atoms with E-state index in [-0.39, 0.29) is 5.41 Å². The zero-order chi connectivity index (χ0) is 23.6. The van der Waals surface area contributed by atoms with E-state index in [2.05, 4.69) is 101 Å². The predicted octanol–water partition coefficient (Wildman–Crippen LogP) is 9.91. The summed E-state index contributed by atoms with van der Waals surface area (Å²) in [6.07, 6.45) is 1.97. The summed E-state index contributed by atoms with van der Waals surface area (Å²) < 4.78 is 2.65. The Morgan fingerprint density at radius 2 is 1.56 bits per heavy atom. The van der Waals surface area contributed by atoms with E-state index in [4.69, 9.17) is 4.98 Å². The summed E-state index contributed by atoms with van der Waals surface area (Å²) in [4.78, 5) is 7.64. The Balaban J connectivity index is 1.59. The monoisotopic (exact) mass is 477 g/mol. The Kier molecular flexibility index (Phi) is 4.91. The lowest BCUT2D eigenvalue weighted by molar-refractivity contribution is 0.596. The first-order valence-corrected chi connectivity index (χ1v) is 13.4. The molecule has 168 valence electrons. The van der Waals surface area contributed by atoms with Crippen LogP contribution in [0.15, 0.2) is 72.9 Å². The number of rotatable bonds is 2. The van der Waals surface area contributed by atoms with Gasteiger partial charge in [-0.05, 0) is 82.4 Å². The molecule has 0 saturated heterocycles. The first-order valence-electron chi connectivity index (χ1n) is 11.7. The fourth-order valence-electron chi connectivity index (χ4n) is 5.06. The fraction of sp³-hybridized carbons (Fsp3) is 0.194. The van der Waals surface area contributed by atoms with Gasteiger partial charge in [0.05, 0.1) is 5.69 Å². The summed E-state index contributed by atoms with van der Waals surface area (Å²) in [5, 5.41) is 5.21. The first kappa shape index (κ1) is 21.5. The number of pyridine rings is 1. The molecule has 0 aliphatic carbocycles. The van der Waals surface area contributed by atoms with E-state index < -0.39 is 0 Å². The highest BCUT2D eigenvalue weighted by Gasteiger charge is 2.21. The molecule has 0 atom stereocenters. The van der Waals surface area contributed by atoms with Crippen LogP contribution in [0.5, 0.6) is 0 Å². The molecule has 0 bridgehead atoms. The lowest BCUT2D eigenvalue weighted by Gasteiger charge is -2.23. The highest BCUT2D eigenvalue weighted by Crippen LogP contribution is 2.44. The van der Waals surface area contributed by atoms with Crippen molar-refractivity contribution in [3.8, 4) is 21.7 Å². The quantitative estimate of drug-likeness (QED) is 0.242. The molecule has 0 amide bonds. The third kappa shape index (κ3) is 3.46. The standard InChI is InChI=1S/C31H27NS2/c1-18-14-21-10-11-22(17-27(21)33-18)30-19(2)28-26(34-30)12-13-32-29(28)23-15-20-8-6-7-9-24(20)25(16-23)31(3,4)5/h6-17H,1-5H3. The average Bonchev–Trinajstić information content (AvgIpc) is 3.36. The lowest BCUT2D eigenvalue weighted by Crippen LogP contribution is -2.12. The van der Waals surface area contributed by atoms with E-state index >= 15 is 0 Å². The second kappa shape index (κ2) is 7.76. The van der Waals surface area contributed by atoms with E-state index in [9.17, 15) is 0 Å². The zero-order valence-corrected chi connectivity index (χ0v) is 21.8. The van der Waals surface area contributed by atoms with Crippen LogP contribution in [0.3, 0.4) is 0 Å². The third-order valence-electron chi connectivity index (χ3n) is 6.69. The Labute approximate surface area is 208 Å². The molecule has 0 aliphatic heterocycles. The number of nitrogens with zero attached hydrogens (tertiary/aromatic N) is 1. The Hall–Kier alpha value is -3.01. The van der Waals surface area contributed by atoms with Gasteiger partial charge in [-0.15, -0.1) is 22.7 Å². The van der Waals surface area contributed by atoms with Crippen molar-refractivity contribution in [1.82, 2.24) is 4.98 Å². The Bertz CT molecular complexity index is 1710. The van der Waals surface area contributed by atoms with Crippen LogP contribution in [0.4, 0.5) is 0 Å². The second-order valence-corrected chi connectivity index (χ2v) is 12.5. The SMILES string of the molecule is Cc1cc2ccc(-c3sc4ccnc(-c5cc(C(C)(C)C)c6ccccc6c5)c4c3C)cc2s1. The maximum Gasteiger partial charge on any atom is 0.0791 e. The van der Waals surface area contributed by atoms with Gasteiger partial charge in [-0.2, -0.15) is 0 Å². The summed E-state index contributed by atoms with van der Waals surface area (Å²) in [7, 11) is 0. The molecule has 6 rings (SSSR count). The second-order valence-electron chi connectivity index (χ2n) is 10.2. The number of hydrogen-bond acceptors (Lipinski definition) is 3. The fourth-order valence-corrected chi connectivity index (χ4v) is 7.22. The zero-order valence-electron chi connectivity index (χ0n) is 20.2. The van der Waals surface area contributed by atoms with Crippen molar-refractivity contribution in [3.63, 3.8) is 0 Å². The Morgan fingerprint density at radius 3 is 2.38 bits per heavy atom. The van der Waals surface area contributed by atoms with E-state index in [0.29, 0.717) is 0 Å². The molecule has 3 heterocycles. The highest BCUT2D eigenvalue weighted by atomic mass is 32.1. The van der Waals surface area contributed by atoms with Crippen LogP contribution in [0.2, 0.25) is 0 Å². The molecule has 0 spiro atoms. The van der Waals surface area contributed by atoms with Crippen LogP contribution >= 0.6 is 22.7 Å². The van der Waals surface area contributed by atoms with Gasteiger partial charge < -0.3 is 0 Å². The number of thiophene rings is 2. The molecule has 3 aromatic carbocycles. The van der Waals surface area contributed by atoms with Gasteiger partial charge in [0, 0.05) is 36.3 Å². The number of hydrogen-bond donors (Lipinski definition) is 0. The molecule has 1 nitrogen and oxygen atoms in total. The van der Waals surface area contributed by atoms with Crippen LogP contribution in [0, 0.1) is 13.8 Å². The summed E-state index contributed by atoms with van der Waals surface area (Å²) in [5.74, 6) is 0. The highest BCUT2D eigenvalue weighted by molar-refractivity contribution is 7.22. The van der Waals surface area contributed by atoms with E-state index in [1.807, 2.05) is 28.9 Å². The van der Waals surface area contributed by atoms with Crippen molar-refractivity contribution in [1.29, 1.82) is 0 Å². The van der Waals surface area contributed by atoms with Gasteiger partial charge in [0.1, 0.15) is 0 Å². The smallest absolute Gasteiger partial charge is 0.0791 e. The third-order valence-corrected chi connectivity index (χ3v) is 9.01. The largest absolute Gasteiger partial charge is 0.256 e. The minimum atomic E-state index is 0.0482. The first-order chi connectivity index (χ1) is 16.3. The molecule has 0 fully saturated rings. The number of fused-ring (bicyclic) bond motifs is 3. The molecule has 3 aromatic heterocycles. The van der Waals surface area contributed by atoms with Gasteiger partial charge in [-0.1, -0.05) is 57.2 Å². The molecular formula is C31H27NS2. The summed E-state index contributed by atoms with van der Waals surface area (Å²) in [5.41, 5.74) is 6.32. The van der Waals surface area contributed by atoms with Crippen molar-refractivity contribution >= 4 is 53.6 Å². The molecule has 3 heteroatoms. The van der Waals surface area contributed by atoms with E-state index in [1.165, 1.54) is 63.0 Å². The van der Waals surface area contributed by atoms with Gasteiger partial charge in [0.2, 0.25) is 0 Å². The van der Waals surface area contributed by atoms with Crippen molar-refractivity contribution in [2.45, 2.75) is 40.0 Å². The van der Waals surface area contributed by atoms with Crippen molar-refractivity contribution in [2.24, 2.45) is 0 Å².